The Hall–Kier alpha value is -2.28. The molecule has 6 nitrogen and oxygen atoms in total. The molecule has 0 unspecified atom stereocenters. The topological polar surface area (TPSA) is 70.6 Å². The molecule has 0 N–H and O–H groups in total. The highest BCUT2D eigenvalue weighted by atomic mass is 32.2. The number of piperazine rings is 1. The van der Waals surface area contributed by atoms with Gasteiger partial charge in [0.2, 0.25) is 10.0 Å². The maximum atomic E-state index is 12.8. The molecule has 1 amide bonds. The Bertz CT molecular complexity index is 1170. The van der Waals surface area contributed by atoms with Gasteiger partial charge in [-0.05, 0) is 35.7 Å². The van der Waals surface area contributed by atoms with E-state index in [9.17, 15) is 26.4 Å². The third kappa shape index (κ3) is 4.52. The number of hydrogen-bond acceptors (Lipinski definition) is 6. The summed E-state index contributed by atoms with van der Waals surface area (Å²) in [7, 11) is -3.95. The van der Waals surface area contributed by atoms with Gasteiger partial charge in [-0.3, -0.25) is 4.79 Å². The number of benzene rings is 1. The number of thiazole rings is 1. The van der Waals surface area contributed by atoms with Gasteiger partial charge in [0.05, 0.1) is 15.3 Å². The fourth-order valence-corrected chi connectivity index (χ4v) is 6.17. The van der Waals surface area contributed by atoms with E-state index in [1.54, 1.807) is 5.38 Å². The van der Waals surface area contributed by atoms with Gasteiger partial charge in [-0.15, -0.1) is 22.7 Å². The number of carbonyl (C=O) groups is 1. The number of carbonyl (C=O) groups excluding carboxylic acids is 1. The van der Waals surface area contributed by atoms with Gasteiger partial charge < -0.3 is 4.90 Å². The van der Waals surface area contributed by atoms with Crippen LogP contribution in [0.15, 0.2) is 52.1 Å². The molecule has 0 aliphatic carbocycles. The molecule has 164 valence electrons. The second kappa shape index (κ2) is 8.34. The van der Waals surface area contributed by atoms with E-state index in [2.05, 4.69) is 4.98 Å². The van der Waals surface area contributed by atoms with Crippen LogP contribution in [0.5, 0.6) is 0 Å². The standard InChI is InChI=1S/C19H16F3N3O3S3/c20-19(21,22)13-3-5-14(6-4-13)31(27,28)25-9-7-24(8-10-25)18(26)15-12-30-17(23-15)16-2-1-11-29-16/h1-6,11-12H,7-10H2. The summed E-state index contributed by atoms with van der Waals surface area (Å²) in [5.41, 5.74) is -0.598. The van der Waals surface area contributed by atoms with Crippen molar-refractivity contribution in [1.82, 2.24) is 14.2 Å². The first kappa shape index (κ1) is 21.9. The average Bonchev–Trinajstić information content (AvgIpc) is 3.45. The number of hydrogen-bond donors (Lipinski definition) is 0. The minimum absolute atomic E-state index is 0.0526. The molecule has 4 rings (SSSR count). The van der Waals surface area contributed by atoms with Crippen molar-refractivity contribution in [2.75, 3.05) is 26.2 Å². The maximum absolute atomic E-state index is 12.8. The summed E-state index contributed by atoms with van der Waals surface area (Å²) in [4.78, 5) is 19.4. The van der Waals surface area contributed by atoms with Crippen molar-refractivity contribution in [3.63, 3.8) is 0 Å². The molecule has 1 saturated heterocycles. The average molecular weight is 488 g/mol. The van der Waals surface area contributed by atoms with E-state index in [0.29, 0.717) is 5.69 Å². The lowest BCUT2D eigenvalue weighted by Gasteiger charge is -2.33. The van der Waals surface area contributed by atoms with Crippen molar-refractivity contribution in [2.45, 2.75) is 11.1 Å². The van der Waals surface area contributed by atoms with Gasteiger partial charge in [-0.2, -0.15) is 17.5 Å². The molecule has 1 aromatic carbocycles. The summed E-state index contributed by atoms with van der Waals surface area (Å²) in [6.45, 7) is 0.448. The number of aromatic nitrogens is 1. The van der Waals surface area contributed by atoms with Crippen LogP contribution in [0.2, 0.25) is 0 Å². The van der Waals surface area contributed by atoms with E-state index in [1.807, 2.05) is 17.5 Å². The van der Waals surface area contributed by atoms with E-state index in [4.69, 9.17) is 0 Å². The van der Waals surface area contributed by atoms with E-state index >= 15 is 0 Å². The summed E-state index contributed by atoms with van der Waals surface area (Å²) in [5, 5.41) is 4.36. The summed E-state index contributed by atoms with van der Waals surface area (Å²) in [6.07, 6.45) is -4.53. The molecule has 0 saturated carbocycles. The van der Waals surface area contributed by atoms with Gasteiger partial charge in [0.1, 0.15) is 10.7 Å². The third-order valence-corrected chi connectivity index (χ3v) is 8.59. The molecule has 0 radical (unpaired) electrons. The predicted molar refractivity (Wildman–Crippen MR) is 112 cm³/mol. The van der Waals surface area contributed by atoms with Crippen LogP contribution < -0.4 is 0 Å². The number of alkyl halides is 3. The summed E-state index contributed by atoms with van der Waals surface area (Å²) in [5.74, 6) is -0.273. The second-order valence-electron chi connectivity index (χ2n) is 6.73. The van der Waals surface area contributed by atoms with Crippen LogP contribution in [-0.2, 0) is 16.2 Å². The minimum atomic E-state index is -4.53. The zero-order chi connectivity index (χ0) is 22.2. The molecule has 1 aliphatic rings. The molecule has 1 aliphatic heterocycles. The Balaban J connectivity index is 1.41. The quantitative estimate of drug-likeness (QED) is 0.557. The third-order valence-electron chi connectivity index (χ3n) is 4.80. The highest BCUT2D eigenvalue weighted by Gasteiger charge is 2.33. The van der Waals surface area contributed by atoms with Crippen LogP contribution >= 0.6 is 22.7 Å². The Morgan fingerprint density at radius 2 is 1.68 bits per heavy atom. The zero-order valence-corrected chi connectivity index (χ0v) is 18.3. The van der Waals surface area contributed by atoms with E-state index in [1.165, 1.54) is 31.9 Å². The van der Waals surface area contributed by atoms with Gasteiger partial charge >= 0.3 is 6.18 Å². The van der Waals surface area contributed by atoms with Crippen LogP contribution in [-0.4, -0.2) is 54.7 Å². The highest BCUT2D eigenvalue weighted by Crippen LogP contribution is 2.31. The molecule has 0 spiro atoms. The second-order valence-corrected chi connectivity index (χ2v) is 10.5. The molecular formula is C19H16F3N3O3S3. The first-order valence-corrected chi connectivity index (χ1v) is 12.3. The SMILES string of the molecule is O=C(c1csc(-c2cccs2)n1)N1CCN(S(=O)(=O)c2ccc(C(F)(F)F)cc2)CC1. The summed E-state index contributed by atoms with van der Waals surface area (Å²) >= 11 is 2.90. The van der Waals surface area contributed by atoms with Gasteiger partial charge in [0.25, 0.3) is 5.91 Å². The first-order chi connectivity index (χ1) is 14.7. The molecule has 2 aromatic heterocycles. The normalized spacial score (nSPS) is 15.9. The highest BCUT2D eigenvalue weighted by molar-refractivity contribution is 7.89. The van der Waals surface area contributed by atoms with E-state index < -0.39 is 21.8 Å². The van der Waals surface area contributed by atoms with Crippen molar-refractivity contribution in [3.05, 3.63) is 58.4 Å². The lowest BCUT2D eigenvalue weighted by Crippen LogP contribution is -2.50. The first-order valence-electron chi connectivity index (χ1n) is 9.12. The molecule has 31 heavy (non-hydrogen) atoms. The largest absolute Gasteiger partial charge is 0.416 e. The summed E-state index contributed by atoms with van der Waals surface area (Å²) < 4.78 is 64.8. The van der Waals surface area contributed by atoms with Crippen LogP contribution in [0.1, 0.15) is 16.1 Å². The molecular weight excluding hydrogens is 471 g/mol. The fourth-order valence-electron chi connectivity index (χ4n) is 3.14. The van der Waals surface area contributed by atoms with Crippen LogP contribution in [0, 0.1) is 0 Å². The van der Waals surface area contributed by atoms with Crippen LogP contribution in [0.3, 0.4) is 0 Å². The van der Waals surface area contributed by atoms with Crippen molar-refractivity contribution in [1.29, 1.82) is 0 Å². The van der Waals surface area contributed by atoms with E-state index in [-0.39, 0.29) is 37.0 Å². The minimum Gasteiger partial charge on any atom is -0.335 e. The van der Waals surface area contributed by atoms with E-state index in [0.717, 1.165) is 34.2 Å². The van der Waals surface area contributed by atoms with Crippen molar-refractivity contribution in [2.24, 2.45) is 0 Å². The molecule has 0 atom stereocenters. The molecule has 1 fully saturated rings. The van der Waals surface area contributed by atoms with Crippen molar-refractivity contribution < 1.29 is 26.4 Å². The van der Waals surface area contributed by atoms with Crippen molar-refractivity contribution in [3.8, 4) is 9.88 Å². The smallest absolute Gasteiger partial charge is 0.335 e. The molecule has 3 aromatic rings. The summed E-state index contributed by atoms with van der Waals surface area (Å²) in [6, 6.07) is 7.23. The number of sulfonamides is 1. The lowest BCUT2D eigenvalue weighted by molar-refractivity contribution is -0.137. The fraction of sp³-hybridized carbons (Fsp3) is 0.263. The molecule has 12 heteroatoms. The Labute approximate surface area is 184 Å². The van der Waals surface area contributed by atoms with Gasteiger partial charge in [0, 0.05) is 31.6 Å². The number of thiophene rings is 1. The van der Waals surface area contributed by atoms with Gasteiger partial charge in [0.15, 0.2) is 0 Å². The number of nitrogens with zero attached hydrogens (tertiary/aromatic N) is 3. The Kier molecular flexibility index (Phi) is 5.90. The monoisotopic (exact) mass is 487 g/mol. The predicted octanol–water partition coefficient (Wildman–Crippen LogP) is 4.04. The zero-order valence-electron chi connectivity index (χ0n) is 15.9. The Morgan fingerprint density at radius 3 is 2.26 bits per heavy atom. The molecule has 3 heterocycles. The lowest BCUT2D eigenvalue weighted by atomic mass is 10.2. The van der Waals surface area contributed by atoms with Gasteiger partial charge in [-0.25, -0.2) is 13.4 Å². The number of rotatable bonds is 4. The molecule has 0 bridgehead atoms. The number of amides is 1. The van der Waals surface area contributed by atoms with Gasteiger partial charge in [-0.1, -0.05) is 6.07 Å². The van der Waals surface area contributed by atoms with Crippen LogP contribution in [0.4, 0.5) is 13.2 Å². The number of halogens is 3. The van der Waals surface area contributed by atoms with Crippen molar-refractivity contribution >= 4 is 38.6 Å². The maximum Gasteiger partial charge on any atom is 0.416 e. The van der Waals surface area contributed by atoms with Crippen LogP contribution in [0.25, 0.3) is 9.88 Å². The Morgan fingerprint density at radius 1 is 1.00 bits per heavy atom.